The molecule has 1 aromatic carbocycles. The first-order valence-corrected chi connectivity index (χ1v) is 7.79. The number of halogens is 1. The fourth-order valence-electron chi connectivity index (χ4n) is 3.04. The highest BCUT2D eigenvalue weighted by atomic mass is 79.9. The van der Waals surface area contributed by atoms with Gasteiger partial charge in [0.1, 0.15) is 0 Å². The third kappa shape index (κ3) is 2.62. The largest absolute Gasteiger partial charge is 0.380 e. The van der Waals surface area contributed by atoms with Gasteiger partial charge in [-0.3, -0.25) is 4.79 Å². The molecule has 1 N–H and O–H groups in total. The molecule has 5 heteroatoms. The second-order valence-electron chi connectivity index (χ2n) is 5.44. The molecule has 2 heterocycles. The summed E-state index contributed by atoms with van der Waals surface area (Å²) in [5.74, 6) is 0.204. The van der Waals surface area contributed by atoms with Gasteiger partial charge in [-0.2, -0.15) is 0 Å². The highest BCUT2D eigenvalue weighted by Crippen LogP contribution is 2.27. The Kier molecular flexibility index (Phi) is 4.10. The lowest BCUT2D eigenvalue weighted by Crippen LogP contribution is -2.45. The maximum absolute atomic E-state index is 12.6. The monoisotopic (exact) mass is 338 g/mol. The average Bonchev–Trinajstić information content (AvgIpc) is 2.95. The van der Waals surface area contributed by atoms with Gasteiger partial charge in [-0.25, -0.2) is 0 Å². The van der Waals surface area contributed by atoms with E-state index in [1.54, 1.807) is 7.11 Å². The summed E-state index contributed by atoms with van der Waals surface area (Å²) >= 11 is 3.59. The minimum atomic E-state index is -0.0892. The Bertz CT molecular complexity index is 521. The molecule has 0 aromatic heterocycles. The predicted octanol–water partition coefficient (Wildman–Crippen LogP) is 1.71. The van der Waals surface area contributed by atoms with Gasteiger partial charge in [0.15, 0.2) is 0 Å². The molecule has 0 bridgehead atoms. The van der Waals surface area contributed by atoms with Crippen LogP contribution in [0.4, 0.5) is 0 Å². The van der Waals surface area contributed by atoms with Crippen molar-refractivity contribution in [3.05, 3.63) is 33.8 Å². The predicted molar refractivity (Wildman–Crippen MR) is 80.5 cm³/mol. The number of rotatable bonds is 2. The summed E-state index contributed by atoms with van der Waals surface area (Å²) < 4.78 is 6.46. The molecule has 1 saturated heterocycles. The van der Waals surface area contributed by atoms with Crippen LogP contribution in [0, 0.1) is 0 Å². The lowest BCUT2D eigenvalue weighted by molar-refractivity contribution is -0.134. The third-order valence-electron chi connectivity index (χ3n) is 4.24. The maximum atomic E-state index is 12.6. The number of hydrogen-bond acceptors (Lipinski definition) is 3. The number of methoxy groups -OCH3 is 1. The van der Waals surface area contributed by atoms with Crippen LogP contribution in [0.1, 0.15) is 17.5 Å². The van der Waals surface area contributed by atoms with Crippen LogP contribution in [-0.4, -0.2) is 43.2 Å². The molecule has 0 saturated carbocycles. The van der Waals surface area contributed by atoms with E-state index in [0.717, 1.165) is 30.4 Å². The first-order valence-electron chi connectivity index (χ1n) is 7.00. The fraction of sp³-hybridized carbons (Fsp3) is 0.533. The maximum Gasteiger partial charge on any atom is 0.240 e. The van der Waals surface area contributed by atoms with Crippen LogP contribution in [0.15, 0.2) is 22.7 Å². The molecule has 1 amide bonds. The summed E-state index contributed by atoms with van der Waals surface area (Å²) in [6, 6.07) is 6.12. The van der Waals surface area contributed by atoms with E-state index >= 15 is 0 Å². The number of nitrogens with one attached hydrogen (secondary N) is 1. The molecule has 2 atom stereocenters. The lowest BCUT2D eigenvalue weighted by Gasteiger charge is -2.31. The van der Waals surface area contributed by atoms with E-state index in [4.69, 9.17) is 4.74 Å². The van der Waals surface area contributed by atoms with Crippen LogP contribution in [0.25, 0.3) is 0 Å². The number of carbonyl (C=O) groups is 1. The number of benzene rings is 1. The van der Waals surface area contributed by atoms with E-state index in [-0.39, 0.29) is 18.1 Å². The molecule has 0 spiro atoms. The topological polar surface area (TPSA) is 41.6 Å². The molecule has 3 rings (SSSR count). The Balaban J connectivity index is 1.69. The Morgan fingerprint density at radius 3 is 3.10 bits per heavy atom. The zero-order chi connectivity index (χ0) is 14.1. The second kappa shape index (κ2) is 5.84. The van der Waals surface area contributed by atoms with Crippen LogP contribution < -0.4 is 5.32 Å². The molecule has 108 valence electrons. The average molecular weight is 339 g/mol. The standard InChI is InChI=1S/C15H19BrN2O2/c1-20-11-7-14(17-8-11)15(19)18-6-5-12-10(9-18)3-2-4-13(12)16/h2-4,11,14,17H,5-9H2,1H3/t11-,14+/m0/s1. The minimum absolute atomic E-state index is 0.0892. The zero-order valence-electron chi connectivity index (χ0n) is 11.6. The zero-order valence-corrected chi connectivity index (χ0v) is 13.1. The summed E-state index contributed by atoms with van der Waals surface area (Å²) in [4.78, 5) is 14.5. The Hall–Kier alpha value is -0.910. The SMILES string of the molecule is CO[C@@H]1CN[C@@H](C(=O)N2CCc3c(Br)cccc3C2)C1. The summed E-state index contributed by atoms with van der Waals surface area (Å²) in [5, 5.41) is 3.26. The number of nitrogens with zero attached hydrogens (tertiary/aromatic N) is 1. The van der Waals surface area contributed by atoms with Gasteiger partial charge < -0.3 is 15.0 Å². The van der Waals surface area contributed by atoms with Crippen molar-refractivity contribution in [3.63, 3.8) is 0 Å². The minimum Gasteiger partial charge on any atom is -0.380 e. The fourth-order valence-corrected chi connectivity index (χ4v) is 3.65. The molecule has 2 aliphatic rings. The molecule has 1 fully saturated rings. The van der Waals surface area contributed by atoms with Crippen LogP contribution in [0.2, 0.25) is 0 Å². The summed E-state index contributed by atoms with van der Waals surface area (Å²) in [6.45, 7) is 2.27. The second-order valence-corrected chi connectivity index (χ2v) is 6.30. The van der Waals surface area contributed by atoms with Gasteiger partial charge in [-0.15, -0.1) is 0 Å². The molecular formula is C15H19BrN2O2. The van der Waals surface area contributed by atoms with Gasteiger partial charge in [0.25, 0.3) is 0 Å². The van der Waals surface area contributed by atoms with Gasteiger partial charge in [0.05, 0.1) is 12.1 Å². The summed E-state index contributed by atoms with van der Waals surface area (Å²) in [6.07, 6.45) is 1.86. The number of hydrogen-bond donors (Lipinski definition) is 1. The Morgan fingerprint density at radius 2 is 2.35 bits per heavy atom. The van der Waals surface area contributed by atoms with Crippen molar-refractivity contribution in [2.24, 2.45) is 0 Å². The molecule has 4 nitrogen and oxygen atoms in total. The number of fused-ring (bicyclic) bond motifs is 1. The van der Waals surface area contributed by atoms with E-state index in [2.05, 4.69) is 33.4 Å². The summed E-state index contributed by atoms with van der Waals surface area (Å²) in [7, 11) is 1.70. The van der Waals surface area contributed by atoms with Crippen LogP contribution in [0.3, 0.4) is 0 Å². The third-order valence-corrected chi connectivity index (χ3v) is 4.99. The first kappa shape index (κ1) is 14.0. The van der Waals surface area contributed by atoms with E-state index in [9.17, 15) is 4.79 Å². The van der Waals surface area contributed by atoms with Crippen molar-refractivity contribution in [1.82, 2.24) is 10.2 Å². The quantitative estimate of drug-likeness (QED) is 0.892. The van der Waals surface area contributed by atoms with Crippen LogP contribution in [0.5, 0.6) is 0 Å². The smallest absolute Gasteiger partial charge is 0.240 e. The molecule has 0 aliphatic carbocycles. The van der Waals surface area contributed by atoms with E-state index in [0.29, 0.717) is 6.54 Å². The molecule has 0 unspecified atom stereocenters. The van der Waals surface area contributed by atoms with Crippen molar-refractivity contribution in [2.75, 3.05) is 20.2 Å². The molecule has 20 heavy (non-hydrogen) atoms. The Morgan fingerprint density at radius 1 is 1.50 bits per heavy atom. The highest BCUT2D eigenvalue weighted by Gasteiger charge is 2.33. The number of amides is 1. The number of carbonyl (C=O) groups excluding carboxylic acids is 1. The van der Waals surface area contributed by atoms with E-state index in [1.807, 2.05) is 11.0 Å². The highest BCUT2D eigenvalue weighted by molar-refractivity contribution is 9.10. The van der Waals surface area contributed by atoms with Crippen molar-refractivity contribution in [2.45, 2.75) is 31.5 Å². The van der Waals surface area contributed by atoms with Crippen LogP contribution >= 0.6 is 15.9 Å². The lowest BCUT2D eigenvalue weighted by atomic mass is 9.99. The normalized spacial score (nSPS) is 25.6. The van der Waals surface area contributed by atoms with Crippen LogP contribution in [-0.2, 0) is 22.5 Å². The molecular weight excluding hydrogens is 320 g/mol. The molecule has 1 aromatic rings. The molecule has 2 aliphatic heterocycles. The summed E-state index contributed by atoms with van der Waals surface area (Å²) in [5.41, 5.74) is 2.59. The first-order chi connectivity index (χ1) is 9.69. The van der Waals surface area contributed by atoms with Crippen molar-refractivity contribution < 1.29 is 9.53 Å². The van der Waals surface area contributed by atoms with E-state index < -0.39 is 0 Å². The van der Waals surface area contributed by atoms with Gasteiger partial charge in [0.2, 0.25) is 5.91 Å². The van der Waals surface area contributed by atoms with Gasteiger partial charge in [0, 0.05) is 31.2 Å². The van der Waals surface area contributed by atoms with Gasteiger partial charge in [-0.05, 0) is 30.0 Å². The van der Waals surface area contributed by atoms with Gasteiger partial charge >= 0.3 is 0 Å². The number of ether oxygens (including phenoxy) is 1. The van der Waals surface area contributed by atoms with Crippen molar-refractivity contribution in [1.29, 1.82) is 0 Å². The molecule has 0 radical (unpaired) electrons. The van der Waals surface area contributed by atoms with Crippen molar-refractivity contribution in [3.8, 4) is 0 Å². The van der Waals surface area contributed by atoms with E-state index in [1.165, 1.54) is 11.1 Å². The Labute approximate surface area is 127 Å². The van der Waals surface area contributed by atoms with Crippen molar-refractivity contribution >= 4 is 21.8 Å². The van der Waals surface area contributed by atoms with Gasteiger partial charge in [-0.1, -0.05) is 28.1 Å².